The standard InChI is InChI=1S/C12H19N3O3/c1-10(12(17)18)3-2-5-14-11(16)4-7-15-8-6-13-9-15/h6,8-10H,2-5,7H2,1H3,(H,14,16)(H,17,18). The fraction of sp³-hybridized carbons (Fsp3) is 0.583. The number of aromatic nitrogens is 2. The summed E-state index contributed by atoms with van der Waals surface area (Å²) in [5.41, 5.74) is 0. The molecule has 1 heterocycles. The molecule has 0 aliphatic heterocycles. The van der Waals surface area contributed by atoms with Crippen molar-refractivity contribution >= 4 is 11.9 Å². The van der Waals surface area contributed by atoms with E-state index in [1.807, 2.05) is 10.8 Å². The van der Waals surface area contributed by atoms with Crippen LogP contribution in [0.1, 0.15) is 26.2 Å². The minimum atomic E-state index is -0.790. The van der Waals surface area contributed by atoms with Crippen molar-refractivity contribution in [2.45, 2.75) is 32.7 Å². The minimum Gasteiger partial charge on any atom is -0.481 e. The van der Waals surface area contributed by atoms with Crippen LogP contribution in [0.15, 0.2) is 18.7 Å². The van der Waals surface area contributed by atoms with Crippen molar-refractivity contribution in [3.8, 4) is 0 Å². The van der Waals surface area contributed by atoms with Gasteiger partial charge in [-0.1, -0.05) is 6.92 Å². The highest BCUT2D eigenvalue weighted by Gasteiger charge is 2.10. The fourth-order valence-corrected chi connectivity index (χ4v) is 1.50. The molecule has 0 saturated heterocycles. The summed E-state index contributed by atoms with van der Waals surface area (Å²) in [6.45, 7) is 2.81. The molecule has 6 heteroatoms. The second kappa shape index (κ2) is 7.47. The molecular weight excluding hydrogens is 234 g/mol. The first-order valence-corrected chi connectivity index (χ1v) is 6.05. The number of amides is 1. The van der Waals surface area contributed by atoms with Crippen LogP contribution >= 0.6 is 0 Å². The van der Waals surface area contributed by atoms with Crippen LogP contribution in [0.4, 0.5) is 0 Å². The van der Waals surface area contributed by atoms with Crippen LogP contribution in [-0.2, 0) is 16.1 Å². The van der Waals surface area contributed by atoms with Gasteiger partial charge in [0.05, 0.1) is 12.2 Å². The van der Waals surface area contributed by atoms with E-state index in [1.165, 1.54) is 0 Å². The van der Waals surface area contributed by atoms with Gasteiger partial charge in [-0.15, -0.1) is 0 Å². The molecule has 1 unspecified atom stereocenters. The van der Waals surface area contributed by atoms with Crippen LogP contribution < -0.4 is 5.32 Å². The maximum absolute atomic E-state index is 11.5. The van der Waals surface area contributed by atoms with Crippen LogP contribution in [0.25, 0.3) is 0 Å². The van der Waals surface area contributed by atoms with Crippen LogP contribution in [0, 0.1) is 5.92 Å². The van der Waals surface area contributed by atoms with E-state index in [1.54, 1.807) is 19.4 Å². The molecule has 1 rings (SSSR count). The SMILES string of the molecule is CC(CCCNC(=O)CCn1ccnc1)C(=O)O. The van der Waals surface area contributed by atoms with E-state index in [-0.39, 0.29) is 11.8 Å². The van der Waals surface area contributed by atoms with Crippen molar-refractivity contribution < 1.29 is 14.7 Å². The molecule has 6 nitrogen and oxygen atoms in total. The molecule has 0 aliphatic rings. The Kier molecular flexibility index (Phi) is 5.90. The van der Waals surface area contributed by atoms with Crippen molar-refractivity contribution in [2.75, 3.05) is 6.54 Å². The van der Waals surface area contributed by atoms with E-state index < -0.39 is 5.97 Å². The van der Waals surface area contributed by atoms with E-state index in [2.05, 4.69) is 10.3 Å². The van der Waals surface area contributed by atoms with Gasteiger partial charge in [-0.3, -0.25) is 9.59 Å². The normalized spacial score (nSPS) is 12.1. The Balaban J connectivity index is 2.05. The summed E-state index contributed by atoms with van der Waals surface area (Å²) in [5, 5.41) is 11.5. The summed E-state index contributed by atoms with van der Waals surface area (Å²) in [6.07, 6.45) is 6.82. The van der Waals surface area contributed by atoms with E-state index in [0.29, 0.717) is 32.4 Å². The number of carboxylic acid groups (broad SMARTS) is 1. The molecule has 1 atom stereocenters. The summed E-state index contributed by atoms with van der Waals surface area (Å²) in [7, 11) is 0. The molecule has 1 aromatic heterocycles. The van der Waals surface area contributed by atoms with Gasteiger partial charge in [0, 0.05) is 31.9 Å². The lowest BCUT2D eigenvalue weighted by molar-refractivity contribution is -0.141. The van der Waals surface area contributed by atoms with Crippen molar-refractivity contribution in [3.05, 3.63) is 18.7 Å². The first-order chi connectivity index (χ1) is 8.59. The number of aliphatic carboxylic acids is 1. The highest BCUT2D eigenvalue weighted by atomic mass is 16.4. The van der Waals surface area contributed by atoms with Gasteiger partial charge < -0.3 is 15.0 Å². The fourth-order valence-electron chi connectivity index (χ4n) is 1.50. The zero-order valence-electron chi connectivity index (χ0n) is 10.5. The third-order valence-corrected chi connectivity index (χ3v) is 2.71. The number of carbonyl (C=O) groups excluding carboxylic acids is 1. The highest BCUT2D eigenvalue weighted by Crippen LogP contribution is 2.04. The third-order valence-electron chi connectivity index (χ3n) is 2.71. The first-order valence-electron chi connectivity index (χ1n) is 6.05. The molecule has 18 heavy (non-hydrogen) atoms. The lowest BCUT2D eigenvalue weighted by atomic mass is 10.1. The lowest BCUT2D eigenvalue weighted by Gasteiger charge is -2.07. The van der Waals surface area contributed by atoms with E-state index in [9.17, 15) is 9.59 Å². The molecule has 0 radical (unpaired) electrons. The first kappa shape index (κ1) is 14.2. The molecular formula is C12H19N3O3. The predicted octanol–water partition coefficient (Wildman–Crippen LogP) is 0.890. The van der Waals surface area contributed by atoms with Crippen LogP contribution in [0.5, 0.6) is 0 Å². The number of rotatable bonds is 8. The Labute approximate surface area is 106 Å². The monoisotopic (exact) mass is 253 g/mol. The van der Waals surface area contributed by atoms with E-state index >= 15 is 0 Å². The third kappa shape index (κ3) is 5.47. The van der Waals surface area contributed by atoms with Crippen LogP contribution in [0.3, 0.4) is 0 Å². The minimum absolute atomic E-state index is 0.0216. The number of nitrogens with one attached hydrogen (secondary N) is 1. The zero-order valence-corrected chi connectivity index (χ0v) is 10.5. The summed E-state index contributed by atoms with van der Waals surface area (Å²) in [5.74, 6) is -1.17. The average Bonchev–Trinajstić information content (AvgIpc) is 2.84. The number of carboxylic acids is 1. The predicted molar refractivity (Wildman–Crippen MR) is 65.9 cm³/mol. The number of hydrogen-bond acceptors (Lipinski definition) is 3. The van der Waals surface area contributed by atoms with Gasteiger partial charge in [-0.05, 0) is 12.8 Å². The second-order valence-electron chi connectivity index (χ2n) is 4.28. The Morgan fingerprint density at radius 2 is 2.28 bits per heavy atom. The molecule has 0 aliphatic carbocycles. The van der Waals surface area contributed by atoms with Crippen molar-refractivity contribution in [2.24, 2.45) is 5.92 Å². The van der Waals surface area contributed by atoms with Gasteiger partial charge in [-0.2, -0.15) is 0 Å². The van der Waals surface area contributed by atoms with Crippen LogP contribution in [0.2, 0.25) is 0 Å². The number of imidazole rings is 1. The number of hydrogen-bond donors (Lipinski definition) is 2. The second-order valence-corrected chi connectivity index (χ2v) is 4.28. The molecule has 100 valence electrons. The van der Waals surface area contributed by atoms with Gasteiger partial charge in [0.1, 0.15) is 0 Å². The van der Waals surface area contributed by atoms with E-state index in [0.717, 1.165) is 0 Å². The zero-order chi connectivity index (χ0) is 13.4. The molecule has 2 N–H and O–H groups in total. The molecule has 0 fully saturated rings. The van der Waals surface area contributed by atoms with Gasteiger partial charge >= 0.3 is 5.97 Å². The molecule has 0 spiro atoms. The summed E-state index contributed by atoms with van der Waals surface area (Å²) in [4.78, 5) is 25.9. The van der Waals surface area contributed by atoms with Crippen molar-refractivity contribution in [1.29, 1.82) is 0 Å². The quantitative estimate of drug-likeness (QED) is 0.674. The molecule has 0 bridgehead atoms. The van der Waals surface area contributed by atoms with Crippen molar-refractivity contribution in [1.82, 2.24) is 14.9 Å². The lowest BCUT2D eigenvalue weighted by Crippen LogP contribution is -2.26. The molecule has 1 aromatic rings. The Morgan fingerprint density at radius 3 is 2.89 bits per heavy atom. The van der Waals surface area contributed by atoms with Crippen molar-refractivity contribution in [3.63, 3.8) is 0 Å². The van der Waals surface area contributed by atoms with E-state index in [4.69, 9.17) is 5.11 Å². The smallest absolute Gasteiger partial charge is 0.306 e. The van der Waals surface area contributed by atoms with Crippen LogP contribution in [-0.4, -0.2) is 33.1 Å². The number of aryl methyl sites for hydroxylation is 1. The average molecular weight is 253 g/mol. The molecule has 0 saturated carbocycles. The Hall–Kier alpha value is -1.85. The Bertz CT molecular complexity index is 376. The maximum Gasteiger partial charge on any atom is 0.306 e. The topological polar surface area (TPSA) is 84.2 Å². The maximum atomic E-state index is 11.5. The Morgan fingerprint density at radius 1 is 1.50 bits per heavy atom. The number of nitrogens with zero attached hydrogens (tertiary/aromatic N) is 2. The highest BCUT2D eigenvalue weighted by molar-refractivity contribution is 5.75. The summed E-state index contributed by atoms with van der Waals surface area (Å²) < 4.78 is 1.84. The largest absolute Gasteiger partial charge is 0.481 e. The number of carbonyl (C=O) groups is 2. The molecule has 1 amide bonds. The van der Waals surface area contributed by atoms with Gasteiger partial charge in [0.2, 0.25) is 5.91 Å². The van der Waals surface area contributed by atoms with Gasteiger partial charge in [-0.25, -0.2) is 4.98 Å². The molecule has 0 aromatic carbocycles. The summed E-state index contributed by atoms with van der Waals surface area (Å²) in [6, 6.07) is 0. The summed E-state index contributed by atoms with van der Waals surface area (Å²) >= 11 is 0. The van der Waals surface area contributed by atoms with Gasteiger partial charge in [0.25, 0.3) is 0 Å². The van der Waals surface area contributed by atoms with Gasteiger partial charge in [0.15, 0.2) is 0 Å².